The molecule has 1 aliphatic heterocycles. The highest BCUT2D eigenvalue weighted by Gasteiger charge is 2.24. The molecule has 1 saturated carbocycles. The van der Waals surface area contributed by atoms with Gasteiger partial charge >= 0.3 is 0 Å². The summed E-state index contributed by atoms with van der Waals surface area (Å²) in [5.74, 6) is -1.58. The van der Waals surface area contributed by atoms with E-state index in [0.29, 0.717) is 40.0 Å². The van der Waals surface area contributed by atoms with Crippen LogP contribution in [0.25, 0.3) is 11.7 Å². The number of fused-ring (bicyclic) bond motifs is 1. The maximum atomic E-state index is 13.7. The van der Waals surface area contributed by atoms with Crippen molar-refractivity contribution in [1.29, 1.82) is 0 Å². The number of halogens is 2. The number of nitrogens with one attached hydrogen (secondary N) is 4. The van der Waals surface area contributed by atoms with E-state index < -0.39 is 17.5 Å². The van der Waals surface area contributed by atoms with E-state index in [1.165, 1.54) is 12.1 Å². The standard InChI is InChI=1S/C26H21F2N7O2/c27-16-7-17(28)9-19(8-16)31-21-10-20(30-18-1-2-18)11-22(12-21)32-23-3-4-35-25(33-23)15(13-29-35)5-14-6-24(36)34-26(14)37/h3-5,7-13,18,30-31H,1-2,6H2,(H,32,33)(H,34,36,37)/b14-5-. The van der Waals surface area contributed by atoms with Crippen molar-refractivity contribution in [2.24, 2.45) is 0 Å². The number of imide groups is 1. The Balaban J connectivity index is 1.30. The lowest BCUT2D eigenvalue weighted by molar-refractivity contribution is -0.124. The molecule has 2 fully saturated rings. The maximum absolute atomic E-state index is 13.7. The smallest absolute Gasteiger partial charge is 0.254 e. The normalized spacial score (nSPS) is 16.3. The number of carbonyl (C=O) groups is 2. The Morgan fingerprint density at radius 1 is 0.946 bits per heavy atom. The summed E-state index contributed by atoms with van der Waals surface area (Å²) in [7, 11) is 0. The van der Waals surface area contributed by atoms with Crippen molar-refractivity contribution in [3.63, 3.8) is 0 Å². The zero-order valence-electron chi connectivity index (χ0n) is 19.4. The van der Waals surface area contributed by atoms with Gasteiger partial charge in [0, 0.05) is 52.2 Å². The van der Waals surface area contributed by atoms with E-state index in [2.05, 4.69) is 31.3 Å². The van der Waals surface area contributed by atoms with Crippen LogP contribution in [0.2, 0.25) is 0 Å². The summed E-state index contributed by atoms with van der Waals surface area (Å²) < 4.78 is 29.0. The highest BCUT2D eigenvalue weighted by Crippen LogP contribution is 2.32. The fourth-order valence-corrected chi connectivity index (χ4v) is 4.13. The lowest BCUT2D eigenvalue weighted by atomic mass is 10.1. The van der Waals surface area contributed by atoms with Crippen molar-refractivity contribution >= 4 is 52.1 Å². The van der Waals surface area contributed by atoms with Gasteiger partial charge in [0.25, 0.3) is 5.91 Å². The molecule has 2 amide bonds. The molecule has 9 nitrogen and oxygen atoms in total. The minimum absolute atomic E-state index is 0.0138. The van der Waals surface area contributed by atoms with Crippen molar-refractivity contribution in [2.45, 2.75) is 25.3 Å². The van der Waals surface area contributed by atoms with Crippen LogP contribution in [-0.2, 0) is 9.59 Å². The van der Waals surface area contributed by atoms with Crippen LogP contribution < -0.4 is 21.3 Å². The maximum Gasteiger partial charge on any atom is 0.254 e. The first-order valence-corrected chi connectivity index (χ1v) is 11.7. The summed E-state index contributed by atoms with van der Waals surface area (Å²) in [5, 5.41) is 16.3. The Morgan fingerprint density at radius 2 is 1.65 bits per heavy atom. The summed E-state index contributed by atoms with van der Waals surface area (Å²) in [4.78, 5) is 28.1. The Bertz CT molecular complexity index is 1570. The van der Waals surface area contributed by atoms with Crippen molar-refractivity contribution in [2.75, 3.05) is 16.0 Å². The predicted molar refractivity (Wildman–Crippen MR) is 135 cm³/mol. The fraction of sp³-hybridized carbons (Fsp3) is 0.154. The van der Waals surface area contributed by atoms with Crippen molar-refractivity contribution in [3.05, 3.63) is 77.6 Å². The van der Waals surface area contributed by atoms with E-state index in [-0.39, 0.29) is 18.0 Å². The molecule has 0 unspecified atom stereocenters. The van der Waals surface area contributed by atoms with Gasteiger partial charge in [-0.15, -0.1) is 0 Å². The number of benzene rings is 2. The van der Waals surface area contributed by atoms with Crippen LogP contribution in [0.1, 0.15) is 24.8 Å². The third kappa shape index (κ3) is 5.10. The Kier molecular flexibility index (Phi) is 5.52. The van der Waals surface area contributed by atoms with Crippen LogP contribution >= 0.6 is 0 Å². The third-order valence-corrected chi connectivity index (χ3v) is 5.93. The zero-order chi connectivity index (χ0) is 25.5. The molecule has 0 spiro atoms. The Morgan fingerprint density at radius 3 is 2.35 bits per heavy atom. The van der Waals surface area contributed by atoms with Crippen molar-refractivity contribution in [3.8, 4) is 0 Å². The van der Waals surface area contributed by atoms with Crippen molar-refractivity contribution < 1.29 is 18.4 Å². The van der Waals surface area contributed by atoms with Crippen LogP contribution in [0.15, 0.2) is 60.4 Å². The summed E-state index contributed by atoms with van der Waals surface area (Å²) in [6.45, 7) is 0. The van der Waals surface area contributed by atoms with Gasteiger partial charge in [-0.1, -0.05) is 0 Å². The molecule has 2 aromatic carbocycles. The average molecular weight is 501 g/mol. The van der Waals surface area contributed by atoms with E-state index >= 15 is 0 Å². The topological polar surface area (TPSA) is 112 Å². The fourth-order valence-electron chi connectivity index (χ4n) is 4.13. The Hall–Kier alpha value is -4.80. The van der Waals surface area contributed by atoms with Crippen LogP contribution in [-0.4, -0.2) is 32.5 Å². The van der Waals surface area contributed by atoms with E-state index in [1.54, 1.807) is 35.1 Å². The van der Waals surface area contributed by atoms with Crippen LogP contribution in [0.3, 0.4) is 0 Å². The van der Waals surface area contributed by atoms with Crippen molar-refractivity contribution in [1.82, 2.24) is 19.9 Å². The molecule has 6 rings (SSSR count). The largest absolute Gasteiger partial charge is 0.382 e. The Labute approximate surface area is 209 Å². The molecular formula is C26H21F2N7O2. The molecule has 0 atom stereocenters. The number of carbonyl (C=O) groups excluding carboxylic acids is 2. The highest BCUT2D eigenvalue weighted by atomic mass is 19.1. The van der Waals surface area contributed by atoms with E-state index in [9.17, 15) is 18.4 Å². The molecule has 2 aliphatic rings. The molecule has 3 heterocycles. The van der Waals surface area contributed by atoms with E-state index in [4.69, 9.17) is 0 Å². The lowest BCUT2D eigenvalue weighted by Gasteiger charge is -2.14. The molecule has 1 saturated heterocycles. The van der Waals surface area contributed by atoms with Gasteiger partial charge in [0.2, 0.25) is 5.91 Å². The number of rotatable bonds is 7. The van der Waals surface area contributed by atoms with Gasteiger partial charge in [-0.05, 0) is 55.3 Å². The molecule has 4 N–H and O–H groups in total. The predicted octanol–water partition coefficient (Wildman–Crippen LogP) is 4.50. The number of hydrogen-bond donors (Lipinski definition) is 4. The van der Waals surface area contributed by atoms with Gasteiger partial charge in [-0.3, -0.25) is 14.9 Å². The molecule has 1 aliphatic carbocycles. The molecule has 11 heteroatoms. The van der Waals surface area contributed by atoms with E-state index in [1.807, 2.05) is 12.1 Å². The highest BCUT2D eigenvalue weighted by molar-refractivity contribution is 6.15. The second-order valence-corrected chi connectivity index (χ2v) is 9.03. The molecule has 4 aromatic rings. The molecule has 0 radical (unpaired) electrons. The second-order valence-electron chi connectivity index (χ2n) is 9.03. The quantitative estimate of drug-likeness (QED) is 0.218. The first-order chi connectivity index (χ1) is 17.9. The molecular weight excluding hydrogens is 480 g/mol. The van der Waals surface area contributed by atoms with Gasteiger partial charge < -0.3 is 16.0 Å². The minimum atomic E-state index is -0.670. The number of nitrogens with zero attached hydrogens (tertiary/aromatic N) is 3. The summed E-state index contributed by atoms with van der Waals surface area (Å²) >= 11 is 0. The minimum Gasteiger partial charge on any atom is -0.382 e. The van der Waals surface area contributed by atoms with Crippen LogP contribution in [0.5, 0.6) is 0 Å². The number of amides is 2. The lowest BCUT2D eigenvalue weighted by Crippen LogP contribution is -2.19. The number of hydrogen-bond acceptors (Lipinski definition) is 7. The number of aromatic nitrogens is 3. The monoisotopic (exact) mass is 501 g/mol. The van der Waals surface area contributed by atoms with Gasteiger partial charge in [-0.25, -0.2) is 18.3 Å². The molecule has 0 bridgehead atoms. The van der Waals surface area contributed by atoms with Crippen LogP contribution in [0.4, 0.5) is 37.3 Å². The second kappa shape index (κ2) is 9.01. The third-order valence-electron chi connectivity index (χ3n) is 5.93. The van der Waals surface area contributed by atoms with Gasteiger partial charge in [0.1, 0.15) is 17.5 Å². The van der Waals surface area contributed by atoms with Crippen LogP contribution in [0, 0.1) is 11.6 Å². The molecule has 186 valence electrons. The van der Waals surface area contributed by atoms with Gasteiger partial charge in [0.15, 0.2) is 5.65 Å². The van der Waals surface area contributed by atoms with Gasteiger partial charge in [0.05, 0.1) is 12.6 Å². The van der Waals surface area contributed by atoms with E-state index in [0.717, 1.165) is 24.6 Å². The van der Waals surface area contributed by atoms with Gasteiger partial charge in [-0.2, -0.15) is 5.10 Å². The zero-order valence-corrected chi connectivity index (χ0v) is 19.4. The SMILES string of the molecule is O=C1C/C(=C/c2cnn3ccc(Nc4cc(Nc5cc(F)cc(F)c5)cc(NC5CC5)c4)nc23)C(=O)N1. The first kappa shape index (κ1) is 22.7. The average Bonchev–Trinajstić information content (AvgIpc) is 3.46. The molecule has 2 aromatic heterocycles. The summed E-state index contributed by atoms with van der Waals surface area (Å²) in [5.41, 5.74) is 3.92. The first-order valence-electron chi connectivity index (χ1n) is 11.7. The molecule has 37 heavy (non-hydrogen) atoms. The summed E-state index contributed by atoms with van der Waals surface area (Å²) in [6.07, 6.45) is 7.09. The number of anilines is 5. The summed E-state index contributed by atoms with van der Waals surface area (Å²) in [6, 6.07) is 11.0.